The number of thioether (sulfide) groups is 1. The van der Waals surface area contributed by atoms with Gasteiger partial charge in [0.15, 0.2) is 17.5 Å². The Hall–Kier alpha value is -0.870. The van der Waals surface area contributed by atoms with Crippen LogP contribution in [-0.4, -0.2) is 68.3 Å². The van der Waals surface area contributed by atoms with Crippen molar-refractivity contribution in [3.05, 3.63) is 23.8 Å². The number of nitrogens with one attached hydrogen (secondary N) is 2. The van der Waals surface area contributed by atoms with E-state index in [0.717, 1.165) is 55.7 Å². The van der Waals surface area contributed by atoms with Gasteiger partial charge in [-0.25, -0.2) is 4.99 Å². The van der Waals surface area contributed by atoms with Crippen molar-refractivity contribution in [2.24, 2.45) is 4.99 Å². The van der Waals surface area contributed by atoms with Gasteiger partial charge in [0.1, 0.15) is 6.61 Å². The van der Waals surface area contributed by atoms with Crippen LogP contribution in [0, 0.1) is 0 Å². The summed E-state index contributed by atoms with van der Waals surface area (Å²) in [5.74, 6) is 3.70. The molecule has 8 heteroatoms. The van der Waals surface area contributed by atoms with Gasteiger partial charge in [-0.2, -0.15) is 11.8 Å². The smallest absolute Gasteiger partial charge is 0.191 e. The Labute approximate surface area is 204 Å². The van der Waals surface area contributed by atoms with Gasteiger partial charge in [0.05, 0.1) is 13.7 Å². The summed E-state index contributed by atoms with van der Waals surface area (Å²) in [6, 6.07) is 6.07. The molecule has 0 radical (unpaired) electrons. The lowest BCUT2D eigenvalue weighted by atomic mass is 10.2. The number of hydrogen-bond acceptors (Lipinski definition) is 5. The van der Waals surface area contributed by atoms with E-state index >= 15 is 0 Å². The lowest BCUT2D eigenvalue weighted by Gasteiger charge is -2.19. The van der Waals surface area contributed by atoms with Crippen molar-refractivity contribution in [1.82, 2.24) is 15.5 Å². The van der Waals surface area contributed by atoms with Crippen molar-refractivity contribution in [3.8, 4) is 11.5 Å². The quantitative estimate of drug-likeness (QED) is 0.233. The topological polar surface area (TPSA) is 58.1 Å². The largest absolute Gasteiger partial charge is 0.493 e. The van der Waals surface area contributed by atoms with Crippen LogP contribution in [0.1, 0.15) is 39.2 Å². The first-order valence-corrected chi connectivity index (χ1v) is 11.9. The number of guanidine groups is 1. The number of nitrogens with zero attached hydrogens (tertiary/aromatic N) is 2. The van der Waals surface area contributed by atoms with Gasteiger partial charge in [-0.1, -0.05) is 19.9 Å². The van der Waals surface area contributed by atoms with Gasteiger partial charge in [-0.05, 0) is 56.3 Å². The van der Waals surface area contributed by atoms with E-state index in [2.05, 4.69) is 54.1 Å². The van der Waals surface area contributed by atoms with Crippen molar-refractivity contribution < 1.29 is 9.47 Å². The van der Waals surface area contributed by atoms with Gasteiger partial charge in [0, 0.05) is 24.9 Å². The number of hydrogen-bond donors (Lipinski definition) is 2. The van der Waals surface area contributed by atoms with Crippen LogP contribution in [0.3, 0.4) is 0 Å². The minimum Gasteiger partial charge on any atom is -0.493 e. The molecule has 1 aromatic rings. The van der Waals surface area contributed by atoms with Crippen molar-refractivity contribution in [2.45, 2.75) is 45.4 Å². The summed E-state index contributed by atoms with van der Waals surface area (Å²) in [4.78, 5) is 7.08. The molecule has 6 nitrogen and oxygen atoms in total. The SMILES string of the molecule is CCNC(=NCc1ccc(OCCN(CC)CC)c(OC)c1)NCC1CCCS1.I. The molecule has 1 saturated heterocycles. The zero-order valence-corrected chi connectivity index (χ0v) is 22.1. The number of likely N-dealkylation sites (N-methyl/N-ethyl adjacent to an activating group) is 1. The lowest BCUT2D eigenvalue weighted by molar-refractivity contribution is 0.217. The van der Waals surface area contributed by atoms with Crippen LogP contribution in [0.2, 0.25) is 0 Å². The molecular formula is C22H39IN4O2S. The summed E-state index contributed by atoms with van der Waals surface area (Å²) < 4.78 is 11.5. The van der Waals surface area contributed by atoms with Crippen molar-refractivity contribution in [3.63, 3.8) is 0 Å². The molecule has 1 aliphatic heterocycles. The highest BCUT2D eigenvalue weighted by Gasteiger charge is 2.15. The molecule has 1 fully saturated rings. The molecule has 0 aliphatic carbocycles. The van der Waals surface area contributed by atoms with Crippen molar-refractivity contribution >= 4 is 41.7 Å². The second-order valence-electron chi connectivity index (χ2n) is 7.07. The zero-order valence-electron chi connectivity index (χ0n) is 18.9. The molecule has 0 aromatic heterocycles. The lowest BCUT2D eigenvalue weighted by Crippen LogP contribution is -2.40. The van der Waals surface area contributed by atoms with E-state index in [9.17, 15) is 0 Å². The van der Waals surface area contributed by atoms with Gasteiger partial charge >= 0.3 is 0 Å². The molecule has 172 valence electrons. The minimum atomic E-state index is 0. The first-order valence-electron chi connectivity index (χ1n) is 10.9. The molecule has 2 N–H and O–H groups in total. The molecule has 1 aromatic carbocycles. The molecule has 0 bridgehead atoms. The maximum Gasteiger partial charge on any atom is 0.191 e. The van der Waals surface area contributed by atoms with Gasteiger partial charge in [0.25, 0.3) is 0 Å². The van der Waals surface area contributed by atoms with Crippen LogP contribution >= 0.6 is 35.7 Å². The summed E-state index contributed by atoms with van der Waals surface area (Å²) in [7, 11) is 1.69. The molecule has 0 amide bonds. The molecule has 0 saturated carbocycles. The Bertz CT molecular complexity index is 623. The third kappa shape index (κ3) is 9.51. The molecule has 1 unspecified atom stereocenters. The normalized spacial score (nSPS) is 16.3. The van der Waals surface area contributed by atoms with E-state index in [-0.39, 0.29) is 24.0 Å². The van der Waals surface area contributed by atoms with Crippen molar-refractivity contribution in [1.29, 1.82) is 0 Å². The summed E-state index contributed by atoms with van der Waals surface area (Å²) >= 11 is 2.06. The highest BCUT2D eigenvalue weighted by molar-refractivity contribution is 14.0. The van der Waals surface area contributed by atoms with Crippen LogP contribution in [0.4, 0.5) is 0 Å². The molecule has 30 heavy (non-hydrogen) atoms. The molecule has 2 rings (SSSR count). The number of halogens is 1. The Balaban J connectivity index is 0.00000450. The third-order valence-electron chi connectivity index (χ3n) is 5.07. The van der Waals surface area contributed by atoms with Gasteiger partial charge in [-0.3, -0.25) is 0 Å². The summed E-state index contributed by atoms with van der Waals surface area (Å²) in [5.41, 5.74) is 1.10. The average molecular weight is 551 g/mol. The molecule has 1 atom stereocenters. The van der Waals surface area contributed by atoms with E-state index in [1.807, 2.05) is 12.1 Å². The number of methoxy groups -OCH3 is 1. The Morgan fingerprint density at radius 1 is 1.20 bits per heavy atom. The van der Waals surface area contributed by atoms with Crippen molar-refractivity contribution in [2.75, 3.05) is 52.2 Å². The maximum absolute atomic E-state index is 5.95. The predicted octanol–water partition coefficient (Wildman–Crippen LogP) is 3.98. The predicted molar refractivity (Wildman–Crippen MR) is 140 cm³/mol. The van der Waals surface area contributed by atoms with Gasteiger partial charge < -0.3 is 25.0 Å². The number of rotatable bonds is 12. The monoisotopic (exact) mass is 550 g/mol. The van der Waals surface area contributed by atoms with E-state index < -0.39 is 0 Å². The Kier molecular flexibility index (Phi) is 14.4. The number of ether oxygens (including phenoxy) is 2. The Morgan fingerprint density at radius 3 is 2.63 bits per heavy atom. The van der Waals surface area contributed by atoms with Gasteiger partial charge in [0.2, 0.25) is 0 Å². The fourth-order valence-corrected chi connectivity index (χ4v) is 4.48. The van der Waals surface area contributed by atoms with E-state index in [1.54, 1.807) is 7.11 Å². The molecule has 1 aliphatic rings. The van der Waals surface area contributed by atoms with E-state index in [4.69, 9.17) is 14.5 Å². The third-order valence-corrected chi connectivity index (χ3v) is 6.47. The Morgan fingerprint density at radius 2 is 2.00 bits per heavy atom. The highest BCUT2D eigenvalue weighted by atomic mass is 127. The van der Waals surface area contributed by atoms with Crippen LogP contribution in [-0.2, 0) is 6.54 Å². The van der Waals surface area contributed by atoms with Gasteiger partial charge in [-0.15, -0.1) is 24.0 Å². The van der Waals surface area contributed by atoms with Crippen LogP contribution in [0.25, 0.3) is 0 Å². The molecular weight excluding hydrogens is 511 g/mol. The fourth-order valence-electron chi connectivity index (χ4n) is 3.28. The number of benzene rings is 1. The van der Waals surface area contributed by atoms with E-state index in [1.165, 1.54) is 18.6 Å². The molecule has 0 spiro atoms. The first kappa shape index (κ1) is 27.2. The summed E-state index contributed by atoms with van der Waals surface area (Å²) in [6.07, 6.45) is 2.62. The van der Waals surface area contributed by atoms with Crippen LogP contribution in [0.5, 0.6) is 11.5 Å². The molecule has 1 heterocycles. The maximum atomic E-state index is 5.95. The van der Waals surface area contributed by atoms with Crippen LogP contribution in [0.15, 0.2) is 23.2 Å². The average Bonchev–Trinajstić information content (AvgIpc) is 3.27. The minimum absolute atomic E-state index is 0. The van der Waals surface area contributed by atoms with Crippen LogP contribution < -0.4 is 20.1 Å². The second kappa shape index (κ2) is 15.9. The number of aliphatic imine (C=N–C) groups is 1. The standard InChI is InChI=1S/C22H38N4O2S.HI/c1-5-23-22(25-17-19-9-8-14-29-19)24-16-18-10-11-20(21(15-18)27-4)28-13-12-26(6-2)7-3;/h10-11,15,19H,5-9,12-14,16-17H2,1-4H3,(H2,23,24,25);1H. The fraction of sp³-hybridized carbons (Fsp3) is 0.682. The van der Waals surface area contributed by atoms with E-state index in [0.29, 0.717) is 18.4 Å². The highest BCUT2D eigenvalue weighted by Crippen LogP contribution is 2.28. The first-order chi connectivity index (χ1) is 14.2. The summed E-state index contributed by atoms with van der Waals surface area (Å²) in [6.45, 7) is 12.5. The summed E-state index contributed by atoms with van der Waals surface area (Å²) in [5, 5.41) is 7.52. The second-order valence-corrected chi connectivity index (χ2v) is 8.48. The zero-order chi connectivity index (χ0) is 20.9.